The molecule has 0 aliphatic heterocycles. The first kappa shape index (κ1) is 12.5. The van der Waals surface area contributed by atoms with E-state index in [1.165, 1.54) is 0 Å². The Kier molecular flexibility index (Phi) is 3.76. The van der Waals surface area contributed by atoms with Crippen LogP contribution in [0.3, 0.4) is 0 Å². The van der Waals surface area contributed by atoms with Gasteiger partial charge in [-0.15, -0.1) is 5.10 Å². The summed E-state index contributed by atoms with van der Waals surface area (Å²) in [7, 11) is 1.86. The van der Waals surface area contributed by atoms with Crippen LogP contribution in [0.2, 0.25) is 5.02 Å². The van der Waals surface area contributed by atoms with Crippen molar-refractivity contribution in [2.24, 2.45) is 0 Å². The number of halogens is 2. The Balaban J connectivity index is 2.54. The molecule has 0 aliphatic rings. The highest BCUT2D eigenvalue weighted by molar-refractivity contribution is 9.10. The van der Waals surface area contributed by atoms with Crippen LogP contribution >= 0.6 is 27.5 Å². The predicted molar refractivity (Wildman–Crippen MR) is 69.3 cm³/mol. The fraction of sp³-hybridized carbons (Fsp3) is 0.300. The zero-order chi connectivity index (χ0) is 12.4. The van der Waals surface area contributed by atoms with Crippen LogP contribution in [0, 0.1) is 0 Å². The molecule has 90 valence electrons. The number of hydrogen-bond donors (Lipinski definition) is 1. The summed E-state index contributed by atoms with van der Waals surface area (Å²) < 4.78 is 2.44. The largest absolute Gasteiger partial charge is 0.311 e. The molecule has 2 aromatic rings. The minimum Gasteiger partial charge on any atom is -0.311 e. The van der Waals surface area contributed by atoms with Crippen molar-refractivity contribution < 1.29 is 0 Å². The molecule has 1 aromatic carbocycles. The fourth-order valence-electron chi connectivity index (χ4n) is 1.42. The highest BCUT2D eigenvalue weighted by Crippen LogP contribution is 2.29. The molecule has 1 unspecified atom stereocenters. The summed E-state index contributed by atoms with van der Waals surface area (Å²) in [4.78, 5) is 0. The van der Waals surface area contributed by atoms with Gasteiger partial charge in [-0.2, -0.15) is 4.68 Å². The molecule has 0 saturated heterocycles. The Morgan fingerprint density at radius 2 is 2.24 bits per heavy atom. The van der Waals surface area contributed by atoms with E-state index in [0.29, 0.717) is 5.02 Å². The van der Waals surface area contributed by atoms with Gasteiger partial charge in [0.2, 0.25) is 0 Å². The Bertz CT molecular complexity index is 527. The van der Waals surface area contributed by atoms with Crippen molar-refractivity contribution in [1.29, 1.82) is 0 Å². The van der Waals surface area contributed by atoms with Crippen LogP contribution in [-0.4, -0.2) is 27.3 Å². The minimum atomic E-state index is 0.0517. The molecule has 0 bridgehead atoms. The summed E-state index contributed by atoms with van der Waals surface area (Å²) in [6.07, 6.45) is 0. The van der Waals surface area contributed by atoms with Crippen LogP contribution in [0.4, 0.5) is 0 Å². The Morgan fingerprint density at radius 3 is 2.94 bits per heavy atom. The van der Waals surface area contributed by atoms with Crippen molar-refractivity contribution in [3.8, 4) is 5.69 Å². The van der Waals surface area contributed by atoms with Crippen molar-refractivity contribution in [3.63, 3.8) is 0 Å². The van der Waals surface area contributed by atoms with Gasteiger partial charge in [0.25, 0.3) is 0 Å². The number of nitrogens with zero attached hydrogens (tertiary/aromatic N) is 4. The van der Waals surface area contributed by atoms with Crippen molar-refractivity contribution in [3.05, 3.63) is 33.5 Å². The van der Waals surface area contributed by atoms with E-state index in [9.17, 15) is 0 Å². The van der Waals surface area contributed by atoms with Crippen LogP contribution in [0.15, 0.2) is 22.7 Å². The number of rotatable bonds is 3. The molecule has 7 heteroatoms. The average Bonchev–Trinajstić information content (AvgIpc) is 2.80. The van der Waals surface area contributed by atoms with E-state index < -0.39 is 0 Å². The summed E-state index contributed by atoms with van der Waals surface area (Å²) in [6, 6.07) is 5.62. The zero-order valence-corrected chi connectivity index (χ0v) is 11.7. The maximum Gasteiger partial charge on any atom is 0.173 e. The zero-order valence-electron chi connectivity index (χ0n) is 9.35. The normalized spacial score (nSPS) is 12.7. The lowest BCUT2D eigenvalue weighted by atomic mass is 10.3. The summed E-state index contributed by atoms with van der Waals surface area (Å²) in [5.74, 6) is 0.732. The number of aromatic nitrogens is 4. The van der Waals surface area contributed by atoms with E-state index in [1.54, 1.807) is 10.7 Å². The molecule has 2 rings (SSSR count). The number of benzene rings is 1. The topological polar surface area (TPSA) is 55.6 Å². The lowest BCUT2D eigenvalue weighted by Crippen LogP contribution is -2.18. The van der Waals surface area contributed by atoms with Gasteiger partial charge in [-0.05, 0) is 52.5 Å². The van der Waals surface area contributed by atoms with Crippen molar-refractivity contribution in [2.45, 2.75) is 13.0 Å². The molecular weight excluding hydrogens is 306 g/mol. The molecule has 0 radical (unpaired) electrons. The quantitative estimate of drug-likeness (QED) is 0.944. The number of hydrogen-bond acceptors (Lipinski definition) is 4. The highest BCUT2D eigenvalue weighted by atomic mass is 79.9. The lowest BCUT2D eigenvalue weighted by molar-refractivity contribution is 0.588. The molecule has 0 spiro atoms. The van der Waals surface area contributed by atoms with Gasteiger partial charge in [-0.25, -0.2) is 0 Å². The monoisotopic (exact) mass is 315 g/mol. The smallest absolute Gasteiger partial charge is 0.173 e. The van der Waals surface area contributed by atoms with Crippen LogP contribution < -0.4 is 5.32 Å². The first-order valence-electron chi connectivity index (χ1n) is 5.05. The molecule has 0 fully saturated rings. The maximum absolute atomic E-state index is 6.05. The van der Waals surface area contributed by atoms with Crippen LogP contribution in [0.25, 0.3) is 5.69 Å². The van der Waals surface area contributed by atoms with Gasteiger partial charge < -0.3 is 5.32 Å². The van der Waals surface area contributed by atoms with Gasteiger partial charge in [0.05, 0.1) is 21.2 Å². The molecule has 1 N–H and O–H groups in total. The summed E-state index contributed by atoms with van der Waals surface area (Å²) >= 11 is 9.49. The minimum absolute atomic E-state index is 0.0517. The second-order valence-electron chi connectivity index (χ2n) is 3.53. The lowest BCUT2D eigenvalue weighted by Gasteiger charge is -2.11. The molecule has 1 aromatic heterocycles. The van der Waals surface area contributed by atoms with E-state index >= 15 is 0 Å². The molecule has 0 amide bonds. The van der Waals surface area contributed by atoms with Gasteiger partial charge in [-0.1, -0.05) is 17.7 Å². The molecule has 1 heterocycles. The van der Waals surface area contributed by atoms with E-state index in [0.717, 1.165) is 16.0 Å². The first-order chi connectivity index (χ1) is 8.15. The molecule has 0 saturated carbocycles. The highest BCUT2D eigenvalue weighted by Gasteiger charge is 2.16. The van der Waals surface area contributed by atoms with Crippen molar-refractivity contribution in [1.82, 2.24) is 25.5 Å². The van der Waals surface area contributed by atoms with Crippen molar-refractivity contribution >= 4 is 27.5 Å². The van der Waals surface area contributed by atoms with E-state index in [4.69, 9.17) is 11.6 Å². The third kappa shape index (κ3) is 2.34. The molecular formula is C10H11BrClN5. The molecule has 5 nitrogen and oxygen atoms in total. The second-order valence-corrected chi connectivity index (χ2v) is 4.73. The number of tetrazole rings is 1. The SMILES string of the molecule is CNC(C)c1nnnn1-c1cccc(Cl)c1Br. The third-order valence-corrected chi connectivity index (χ3v) is 3.85. The van der Waals surface area contributed by atoms with E-state index in [1.807, 2.05) is 26.1 Å². The Hall–Kier alpha value is -0.980. The van der Waals surface area contributed by atoms with E-state index in [2.05, 4.69) is 36.8 Å². The first-order valence-corrected chi connectivity index (χ1v) is 6.22. The fourth-order valence-corrected chi connectivity index (χ4v) is 2.02. The predicted octanol–water partition coefficient (Wildman–Crippen LogP) is 2.36. The summed E-state index contributed by atoms with van der Waals surface area (Å²) in [6.45, 7) is 1.99. The van der Waals surface area contributed by atoms with Crippen molar-refractivity contribution in [2.75, 3.05) is 7.05 Å². The third-order valence-electron chi connectivity index (χ3n) is 2.47. The van der Waals surface area contributed by atoms with Gasteiger partial charge in [0, 0.05) is 0 Å². The maximum atomic E-state index is 6.05. The standard InChI is InChI=1S/C10H11BrClN5/c1-6(13-2)10-14-15-16-17(10)8-5-3-4-7(12)9(8)11/h3-6,13H,1-2H3. The molecule has 17 heavy (non-hydrogen) atoms. The van der Waals surface area contributed by atoms with E-state index in [-0.39, 0.29) is 6.04 Å². The van der Waals surface area contributed by atoms with Gasteiger partial charge in [-0.3, -0.25) is 0 Å². The van der Waals surface area contributed by atoms with Crippen LogP contribution in [0.1, 0.15) is 18.8 Å². The molecule has 0 aliphatic carbocycles. The molecule has 1 atom stereocenters. The van der Waals surface area contributed by atoms with Crippen LogP contribution in [0.5, 0.6) is 0 Å². The Morgan fingerprint density at radius 1 is 1.47 bits per heavy atom. The number of nitrogens with one attached hydrogen (secondary N) is 1. The summed E-state index contributed by atoms with van der Waals surface area (Å²) in [5, 5.41) is 15.4. The van der Waals surface area contributed by atoms with Crippen LogP contribution in [-0.2, 0) is 0 Å². The second kappa shape index (κ2) is 5.12. The van der Waals surface area contributed by atoms with Gasteiger partial charge >= 0.3 is 0 Å². The summed E-state index contributed by atoms with van der Waals surface area (Å²) in [5.41, 5.74) is 0.819. The Labute approximate surface area is 112 Å². The van der Waals surface area contributed by atoms with Gasteiger partial charge in [0.15, 0.2) is 5.82 Å². The van der Waals surface area contributed by atoms with Gasteiger partial charge in [0.1, 0.15) is 0 Å². The average molecular weight is 317 g/mol.